The lowest BCUT2D eigenvalue weighted by Gasteiger charge is -2.22. The Hall–Kier alpha value is -3.29. The molecule has 1 fully saturated rings. The normalized spacial score (nSPS) is 14.8. The number of likely N-dealkylation sites (tertiary alicyclic amines) is 1. The van der Waals surface area contributed by atoms with Gasteiger partial charge >= 0.3 is 0 Å². The Kier molecular flexibility index (Phi) is 8.73. The average Bonchev–Trinajstić information content (AvgIpc) is 3.16. The molecule has 0 unspecified atom stereocenters. The van der Waals surface area contributed by atoms with Crippen molar-refractivity contribution in [2.45, 2.75) is 58.5 Å². The minimum atomic E-state index is -0.533. The van der Waals surface area contributed by atoms with Crippen molar-refractivity contribution in [3.63, 3.8) is 0 Å². The first kappa shape index (κ1) is 25.3. The van der Waals surface area contributed by atoms with Crippen molar-refractivity contribution in [1.82, 2.24) is 14.8 Å². The summed E-state index contributed by atoms with van der Waals surface area (Å²) in [5.41, 5.74) is 0.256. The largest absolute Gasteiger partial charge is 0.497 e. The Labute approximate surface area is 200 Å². The summed E-state index contributed by atoms with van der Waals surface area (Å²) >= 11 is 0. The molecule has 1 aromatic heterocycles. The molecule has 8 heteroatoms. The van der Waals surface area contributed by atoms with Crippen LogP contribution in [0.5, 0.6) is 11.5 Å². The number of carbonyl (C=O) groups excluding carboxylic acids is 2. The summed E-state index contributed by atoms with van der Waals surface area (Å²) in [4.78, 5) is 41.4. The third kappa shape index (κ3) is 5.98. The number of hydrogen-bond donors (Lipinski definition) is 1. The van der Waals surface area contributed by atoms with Gasteiger partial charge in [0.2, 0.25) is 5.43 Å². The molecule has 0 aliphatic carbocycles. The van der Waals surface area contributed by atoms with Crippen LogP contribution >= 0.6 is 0 Å². The van der Waals surface area contributed by atoms with Gasteiger partial charge in [0.1, 0.15) is 22.6 Å². The van der Waals surface area contributed by atoms with Crippen LogP contribution < -0.4 is 20.2 Å². The lowest BCUT2D eigenvalue weighted by Crippen LogP contribution is -2.38. The number of nitrogens with zero attached hydrogens (tertiary/aromatic N) is 2. The molecule has 0 radical (unpaired) electrons. The number of benzene rings is 1. The Morgan fingerprint density at radius 2 is 1.56 bits per heavy atom. The van der Waals surface area contributed by atoms with Crippen LogP contribution in [-0.4, -0.2) is 48.6 Å². The molecule has 1 atom stereocenters. The van der Waals surface area contributed by atoms with Gasteiger partial charge in [0, 0.05) is 44.1 Å². The van der Waals surface area contributed by atoms with Gasteiger partial charge in [0.05, 0.1) is 14.2 Å². The predicted octanol–water partition coefficient (Wildman–Crippen LogP) is 3.78. The molecule has 8 nitrogen and oxygen atoms in total. The predicted molar refractivity (Wildman–Crippen MR) is 131 cm³/mol. The van der Waals surface area contributed by atoms with Gasteiger partial charge in [-0.05, 0) is 43.9 Å². The van der Waals surface area contributed by atoms with E-state index in [0.717, 1.165) is 37.7 Å². The van der Waals surface area contributed by atoms with Crippen LogP contribution in [0.25, 0.3) is 0 Å². The second-order valence-electron chi connectivity index (χ2n) is 8.73. The topological polar surface area (TPSA) is 89.9 Å². The number of pyridine rings is 1. The fourth-order valence-corrected chi connectivity index (χ4v) is 4.07. The SMILES string of the molecule is CC[C@@H](C)n1cc(C(=O)NCc2cc(OC)cc(OC)c2)c(=O)c(C(=O)N2CCCCCC2)c1. The summed E-state index contributed by atoms with van der Waals surface area (Å²) in [6, 6.07) is 5.36. The molecular formula is C26H35N3O5. The summed E-state index contributed by atoms with van der Waals surface area (Å²) in [5, 5.41) is 2.81. The van der Waals surface area contributed by atoms with E-state index < -0.39 is 11.3 Å². The fourth-order valence-electron chi connectivity index (χ4n) is 4.07. The Balaban J connectivity index is 1.90. The van der Waals surface area contributed by atoms with Crippen molar-refractivity contribution < 1.29 is 19.1 Å². The van der Waals surface area contributed by atoms with E-state index in [1.165, 1.54) is 0 Å². The first-order chi connectivity index (χ1) is 16.4. The van der Waals surface area contributed by atoms with Gasteiger partial charge in [-0.25, -0.2) is 0 Å². The Bertz CT molecular complexity index is 1050. The van der Waals surface area contributed by atoms with Crippen LogP contribution in [0, 0.1) is 0 Å². The maximum Gasteiger partial charge on any atom is 0.259 e. The molecule has 1 saturated heterocycles. The van der Waals surface area contributed by atoms with Crippen molar-refractivity contribution in [3.8, 4) is 11.5 Å². The van der Waals surface area contributed by atoms with Crippen LogP contribution in [0.4, 0.5) is 0 Å². The lowest BCUT2D eigenvalue weighted by molar-refractivity contribution is 0.0759. The highest BCUT2D eigenvalue weighted by Crippen LogP contribution is 2.22. The first-order valence-corrected chi connectivity index (χ1v) is 11.9. The van der Waals surface area contributed by atoms with Crippen LogP contribution in [0.1, 0.15) is 78.3 Å². The molecule has 3 rings (SSSR count). The summed E-state index contributed by atoms with van der Waals surface area (Å²) in [6.07, 6.45) is 7.97. The van der Waals surface area contributed by atoms with Gasteiger partial charge in [0.25, 0.3) is 11.8 Å². The zero-order valence-electron chi connectivity index (χ0n) is 20.6. The molecule has 0 saturated carbocycles. The van der Waals surface area contributed by atoms with E-state index in [1.807, 2.05) is 13.8 Å². The molecule has 1 aliphatic rings. The van der Waals surface area contributed by atoms with E-state index in [0.29, 0.717) is 24.6 Å². The third-order valence-electron chi connectivity index (χ3n) is 6.38. The number of ether oxygens (including phenoxy) is 2. The lowest BCUT2D eigenvalue weighted by atomic mass is 10.1. The van der Waals surface area contributed by atoms with Gasteiger partial charge in [0.15, 0.2) is 0 Å². The third-order valence-corrected chi connectivity index (χ3v) is 6.38. The second kappa shape index (κ2) is 11.7. The van der Waals surface area contributed by atoms with Crippen molar-refractivity contribution in [1.29, 1.82) is 0 Å². The summed E-state index contributed by atoms with van der Waals surface area (Å²) < 4.78 is 12.4. The minimum absolute atomic E-state index is 0.0316. The zero-order chi connectivity index (χ0) is 24.7. The van der Waals surface area contributed by atoms with Crippen molar-refractivity contribution >= 4 is 11.8 Å². The second-order valence-corrected chi connectivity index (χ2v) is 8.73. The summed E-state index contributed by atoms with van der Waals surface area (Å²) in [6.45, 7) is 5.47. The quantitative estimate of drug-likeness (QED) is 0.635. The standard InChI is InChI=1S/C26H35N3O5/c1-5-18(2)29-16-22(24(30)23(17-29)26(32)28-10-8-6-7-9-11-28)25(31)27-15-19-12-20(33-3)14-21(13-19)34-4/h12-14,16-18H,5-11,15H2,1-4H3,(H,27,31)/t18-/m1/s1. The van der Waals surface area contributed by atoms with E-state index in [-0.39, 0.29) is 29.6 Å². The number of rotatable bonds is 8. The van der Waals surface area contributed by atoms with Crippen LogP contribution in [0.15, 0.2) is 35.4 Å². The van der Waals surface area contributed by atoms with E-state index in [1.54, 1.807) is 54.3 Å². The van der Waals surface area contributed by atoms with Crippen molar-refractivity contribution in [3.05, 3.63) is 57.5 Å². The number of aromatic nitrogens is 1. The van der Waals surface area contributed by atoms with Crippen LogP contribution in [0.3, 0.4) is 0 Å². The molecule has 0 bridgehead atoms. The van der Waals surface area contributed by atoms with E-state index in [2.05, 4.69) is 5.32 Å². The van der Waals surface area contributed by atoms with Crippen LogP contribution in [0.2, 0.25) is 0 Å². The van der Waals surface area contributed by atoms with Crippen LogP contribution in [-0.2, 0) is 6.54 Å². The number of nitrogens with one attached hydrogen (secondary N) is 1. The van der Waals surface area contributed by atoms with Gasteiger partial charge in [-0.1, -0.05) is 19.8 Å². The van der Waals surface area contributed by atoms with Gasteiger partial charge < -0.3 is 24.3 Å². The molecule has 0 spiro atoms. The highest BCUT2D eigenvalue weighted by Gasteiger charge is 2.24. The highest BCUT2D eigenvalue weighted by molar-refractivity contribution is 5.99. The maximum atomic E-state index is 13.3. The minimum Gasteiger partial charge on any atom is -0.497 e. The molecule has 1 N–H and O–H groups in total. The molecule has 2 aromatic rings. The molecule has 2 heterocycles. The zero-order valence-corrected chi connectivity index (χ0v) is 20.6. The first-order valence-electron chi connectivity index (χ1n) is 11.9. The molecule has 1 aliphatic heterocycles. The fraction of sp³-hybridized carbons (Fsp3) is 0.500. The Morgan fingerprint density at radius 3 is 2.12 bits per heavy atom. The molecular weight excluding hydrogens is 434 g/mol. The van der Waals surface area contributed by atoms with E-state index in [4.69, 9.17) is 9.47 Å². The van der Waals surface area contributed by atoms with Crippen molar-refractivity contribution in [2.75, 3.05) is 27.3 Å². The van der Waals surface area contributed by atoms with Crippen molar-refractivity contribution in [2.24, 2.45) is 0 Å². The molecule has 184 valence electrons. The number of amides is 2. The smallest absolute Gasteiger partial charge is 0.259 e. The monoisotopic (exact) mass is 469 g/mol. The molecule has 34 heavy (non-hydrogen) atoms. The molecule has 2 amide bonds. The molecule has 1 aromatic carbocycles. The van der Waals surface area contributed by atoms with E-state index >= 15 is 0 Å². The van der Waals surface area contributed by atoms with E-state index in [9.17, 15) is 14.4 Å². The number of hydrogen-bond acceptors (Lipinski definition) is 5. The number of methoxy groups -OCH3 is 2. The highest BCUT2D eigenvalue weighted by atomic mass is 16.5. The summed E-state index contributed by atoms with van der Waals surface area (Å²) in [5.74, 6) is 0.394. The Morgan fingerprint density at radius 1 is 0.971 bits per heavy atom. The number of carbonyl (C=O) groups is 2. The summed E-state index contributed by atoms with van der Waals surface area (Å²) in [7, 11) is 3.11. The van der Waals surface area contributed by atoms with Gasteiger partial charge in [-0.2, -0.15) is 0 Å². The average molecular weight is 470 g/mol. The maximum absolute atomic E-state index is 13.3. The van der Waals surface area contributed by atoms with Gasteiger partial charge in [-0.3, -0.25) is 14.4 Å². The van der Waals surface area contributed by atoms with Gasteiger partial charge in [-0.15, -0.1) is 0 Å².